The average Bonchev–Trinajstić information content (AvgIpc) is 3.76. The molecule has 0 spiro atoms. The molecule has 0 bridgehead atoms. The quantitative estimate of drug-likeness (QED) is 0.0803. The van der Waals surface area contributed by atoms with Gasteiger partial charge in [0.1, 0.15) is 48.5 Å². The summed E-state index contributed by atoms with van der Waals surface area (Å²) in [5.74, 6) is -0.152. The van der Waals surface area contributed by atoms with Crippen molar-refractivity contribution in [3.05, 3.63) is 29.3 Å². The number of imidazole rings is 2. The molecule has 25 heteroatoms. The largest absolute Gasteiger partial charge is 0.472 e. The Morgan fingerprint density at radius 1 is 1.00 bits per heavy atom. The van der Waals surface area contributed by atoms with E-state index in [9.17, 15) is 33.9 Å². The van der Waals surface area contributed by atoms with Crippen molar-refractivity contribution >= 4 is 50.2 Å². The highest BCUT2D eigenvalue weighted by molar-refractivity contribution is 7.47. The van der Waals surface area contributed by atoms with E-state index in [2.05, 4.69) is 29.9 Å². The van der Waals surface area contributed by atoms with Crippen LogP contribution in [0.1, 0.15) is 12.5 Å². The summed E-state index contributed by atoms with van der Waals surface area (Å²) in [4.78, 5) is 54.4. The number of phosphoric acid groups is 1. The number of hydrogen-bond acceptors (Lipinski definition) is 18. The Morgan fingerprint density at radius 3 is 2.41 bits per heavy atom. The van der Waals surface area contributed by atoms with E-state index in [1.807, 2.05) is 0 Å². The zero-order chi connectivity index (χ0) is 32.9. The average molecular weight is 690 g/mol. The Balaban J connectivity index is 1.19. The van der Waals surface area contributed by atoms with Crippen LogP contribution in [-0.4, -0.2) is 116 Å². The van der Waals surface area contributed by atoms with E-state index in [1.165, 1.54) is 28.9 Å². The van der Waals surface area contributed by atoms with Gasteiger partial charge in [-0.1, -0.05) is 0 Å². The lowest BCUT2D eigenvalue weighted by Gasteiger charge is -2.25. The van der Waals surface area contributed by atoms with Crippen LogP contribution in [-0.2, 0) is 36.9 Å². The number of phosphoric ester groups is 1. The fourth-order valence-corrected chi connectivity index (χ4v) is 6.50. The monoisotopic (exact) mass is 690 g/mol. The number of rotatable bonds is 11. The van der Waals surface area contributed by atoms with E-state index in [4.69, 9.17) is 39.2 Å². The first-order chi connectivity index (χ1) is 21.9. The molecule has 2 fully saturated rings. The highest BCUT2D eigenvalue weighted by atomic mass is 31.2. The number of aliphatic hydroxyl groups is 2. The molecule has 0 radical (unpaired) electrons. The molecule has 4 aromatic rings. The normalized spacial score (nSPS) is 30.3. The number of aromatic nitrogens is 8. The summed E-state index contributed by atoms with van der Waals surface area (Å²) in [6.07, 6.45) is -7.29. The lowest BCUT2D eigenvalue weighted by Crippen LogP contribution is -2.37. The summed E-state index contributed by atoms with van der Waals surface area (Å²) >= 11 is 0. The first-order valence-electron chi connectivity index (χ1n) is 13.2. The third-order valence-corrected chi connectivity index (χ3v) is 8.71. The minimum Gasteiger partial charge on any atom is -0.387 e. The molecule has 250 valence electrons. The predicted octanol–water partition coefficient (Wildman–Crippen LogP) is -2.44. The number of hydrogen-bond donors (Lipinski definition) is 7. The molecular weight excluding hydrogens is 662 g/mol. The number of methoxy groups -OCH3 is 1. The Bertz CT molecular complexity index is 1870. The van der Waals surface area contributed by atoms with E-state index in [0.717, 1.165) is 6.33 Å². The van der Waals surface area contributed by atoms with Crippen LogP contribution in [0.5, 0.6) is 0 Å². The van der Waals surface area contributed by atoms with Crippen LogP contribution in [0.25, 0.3) is 22.3 Å². The minimum absolute atomic E-state index is 0.0462. The molecule has 10 atom stereocenters. The van der Waals surface area contributed by atoms with E-state index >= 15 is 0 Å². The number of H-pyrrole nitrogens is 1. The smallest absolute Gasteiger partial charge is 0.387 e. The second kappa shape index (κ2) is 12.6. The van der Waals surface area contributed by atoms with Gasteiger partial charge in [-0.15, -0.1) is 0 Å². The Labute approximate surface area is 256 Å². The summed E-state index contributed by atoms with van der Waals surface area (Å²) in [5, 5.41) is 21.3. The molecule has 9 N–H and O–H groups in total. The van der Waals surface area contributed by atoms with Crippen molar-refractivity contribution in [2.45, 2.75) is 49.1 Å². The van der Waals surface area contributed by atoms with Crippen molar-refractivity contribution in [3.63, 3.8) is 0 Å². The van der Waals surface area contributed by atoms with E-state index in [-0.39, 0.29) is 34.1 Å². The number of anilines is 2. The number of nitrogen functional groups attached to an aromatic ring is 2. The molecule has 6 heterocycles. The number of ether oxygens (including phenoxy) is 3. The first kappa shape index (κ1) is 32.5. The highest BCUT2D eigenvalue weighted by Crippen LogP contribution is 2.50. The van der Waals surface area contributed by atoms with Crippen LogP contribution in [0.4, 0.5) is 11.8 Å². The topological polar surface area (TPSA) is 330 Å². The Kier molecular flexibility index (Phi) is 8.93. The zero-order valence-corrected chi connectivity index (χ0v) is 25.4. The summed E-state index contributed by atoms with van der Waals surface area (Å²) < 4.78 is 59.7. The van der Waals surface area contributed by atoms with Gasteiger partial charge in [0.15, 0.2) is 35.1 Å². The molecular formula is C21H28N10O13P2. The van der Waals surface area contributed by atoms with Crippen LogP contribution in [0.2, 0.25) is 0 Å². The maximum absolute atomic E-state index is 13.2. The number of aromatic amines is 1. The summed E-state index contributed by atoms with van der Waals surface area (Å²) in [6.45, 7) is -1.33. The van der Waals surface area contributed by atoms with Gasteiger partial charge in [-0.25, -0.2) is 24.5 Å². The van der Waals surface area contributed by atoms with Gasteiger partial charge < -0.3 is 50.2 Å². The van der Waals surface area contributed by atoms with Crippen molar-refractivity contribution in [2.24, 2.45) is 0 Å². The molecule has 2 aliphatic rings. The predicted molar refractivity (Wildman–Crippen MR) is 151 cm³/mol. The van der Waals surface area contributed by atoms with Gasteiger partial charge in [0, 0.05) is 7.11 Å². The van der Waals surface area contributed by atoms with Crippen molar-refractivity contribution in [1.82, 2.24) is 39.0 Å². The molecule has 23 nitrogen and oxygen atoms in total. The lowest BCUT2D eigenvalue weighted by molar-refractivity contribution is -0.0580. The van der Waals surface area contributed by atoms with Crippen molar-refractivity contribution < 1.29 is 56.9 Å². The second-order valence-corrected chi connectivity index (χ2v) is 12.3. The number of nitrogens with two attached hydrogens (primary N) is 2. The highest BCUT2D eigenvalue weighted by Gasteiger charge is 2.51. The van der Waals surface area contributed by atoms with Gasteiger partial charge in [0.05, 0.1) is 25.9 Å². The molecule has 6 unspecified atom stereocenters. The molecule has 0 saturated carbocycles. The first-order valence-corrected chi connectivity index (χ1v) is 16.0. The zero-order valence-electron chi connectivity index (χ0n) is 23.5. The van der Waals surface area contributed by atoms with Crippen LogP contribution in [0.3, 0.4) is 0 Å². The van der Waals surface area contributed by atoms with Gasteiger partial charge >= 0.3 is 16.1 Å². The van der Waals surface area contributed by atoms with E-state index in [1.54, 1.807) is 0 Å². The molecule has 0 amide bonds. The minimum atomic E-state index is -5.05. The lowest BCUT2D eigenvalue weighted by atomic mass is 10.1. The van der Waals surface area contributed by atoms with E-state index < -0.39 is 83.9 Å². The number of aliphatic hydroxyl groups excluding tert-OH is 2. The molecule has 0 aliphatic carbocycles. The van der Waals surface area contributed by atoms with Crippen molar-refractivity contribution in [1.29, 1.82) is 0 Å². The van der Waals surface area contributed by atoms with Crippen LogP contribution in [0, 0.1) is 0 Å². The number of fused-ring (bicyclic) bond motifs is 2. The Hall–Kier alpha value is -3.44. The van der Waals surface area contributed by atoms with Crippen molar-refractivity contribution in [3.8, 4) is 0 Å². The van der Waals surface area contributed by atoms with Gasteiger partial charge in [0.25, 0.3) is 5.56 Å². The third kappa shape index (κ3) is 6.03. The maximum Gasteiger partial charge on any atom is 0.472 e. The fourth-order valence-electron chi connectivity index (χ4n) is 5.23. The standard InChI is InChI=1S/C21H28N10O13P2/c1-39-14-13(8(2-40-45(35)36)43-20(14)30-5-26-9-15(22)24-4-25-16(9)30)44-46(37,38)41-3-7-11(32)12(33)19(42-7)31-6-27-10-17(31)28-21(23)29-18(10)34/h4-8,11-14,19-20,32-33,45H,2-3H2,1H3,(H,35,36)(H,37,38)(H2,22,24,25)(H3,23,28,29,34)/t7-,8-,11?,12?,13?,14?,19-,20-/m1/s1. The molecule has 46 heavy (non-hydrogen) atoms. The van der Waals surface area contributed by atoms with Gasteiger partial charge in [-0.05, 0) is 0 Å². The van der Waals surface area contributed by atoms with Gasteiger partial charge in [-0.3, -0.25) is 32.5 Å². The summed E-state index contributed by atoms with van der Waals surface area (Å²) in [7, 11) is -7.23. The second-order valence-electron chi connectivity index (χ2n) is 10.1. The fraction of sp³-hybridized carbons (Fsp3) is 0.524. The number of nitrogens with one attached hydrogen (secondary N) is 1. The number of nitrogens with zero attached hydrogens (tertiary/aromatic N) is 7. The molecule has 0 aromatic carbocycles. The third-order valence-electron chi connectivity index (χ3n) is 7.31. The van der Waals surface area contributed by atoms with Crippen LogP contribution < -0.4 is 17.0 Å². The van der Waals surface area contributed by atoms with Gasteiger partial charge in [-0.2, -0.15) is 4.98 Å². The summed E-state index contributed by atoms with van der Waals surface area (Å²) in [5.41, 5.74) is 11.1. The van der Waals surface area contributed by atoms with Gasteiger partial charge in [0.2, 0.25) is 5.95 Å². The van der Waals surface area contributed by atoms with Crippen molar-refractivity contribution in [2.75, 3.05) is 31.8 Å². The van der Waals surface area contributed by atoms with Crippen LogP contribution in [0.15, 0.2) is 23.8 Å². The molecule has 2 aliphatic heterocycles. The molecule has 2 saturated heterocycles. The molecule has 6 rings (SSSR count). The van der Waals surface area contributed by atoms with E-state index in [0.29, 0.717) is 0 Å². The molecule has 4 aromatic heterocycles. The SMILES string of the molecule is COC1C(OP(=O)(O)OC[C@H]2O[C@@H](n3cnc4c(=O)[nH]c(N)nc43)C(O)C2O)[C@@H](CO[PH](=O)O)O[C@H]1n1cnc2c(N)ncnc21. The maximum atomic E-state index is 13.2. The Morgan fingerprint density at radius 2 is 1.70 bits per heavy atom. The summed E-state index contributed by atoms with van der Waals surface area (Å²) in [6, 6.07) is 0. The van der Waals surface area contributed by atoms with Crippen LogP contribution >= 0.6 is 16.1 Å².